The van der Waals surface area contributed by atoms with Gasteiger partial charge in [0.05, 0.1) is 5.69 Å². The zero-order chi connectivity index (χ0) is 18.2. The van der Waals surface area contributed by atoms with Crippen molar-refractivity contribution in [3.63, 3.8) is 0 Å². The van der Waals surface area contributed by atoms with Crippen molar-refractivity contribution in [3.05, 3.63) is 84.6 Å². The standard InChI is InChI=1S/C22H16N4O/c1-15-9-11-17(12-10-15)24-25-22-21(23-20-8-4-5-13-26(20)22)19-14-16-6-2-3-7-18(16)27-19/h2-14H,1H3. The minimum atomic E-state index is 0.644. The summed E-state index contributed by atoms with van der Waals surface area (Å²) >= 11 is 0. The molecule has 0 aliphatic heterocycles. The molecular weight excluding hydrogens is 336 g/mol. The van der Waals surface area contributed by atoms with Gasteiger partial charge < -0.3 is 4.42 Å². The van der Waals surface area contributed by atoms with E-state index < -0.39 is 0 Å². The summed E-state index contributed by atoms with van der Waals surface area (Å²) in [7, 11) is 0. The van der Waals surface area contributed by atoms with Crippen molar-refractivity contribution in [2.75, 3.05) is 0 Å². The summed E-state index contributed by atoms with van der Waals surface area (Å²) in [5.74, 6) is 1.32. The Kier molecular flexibility index (Phi) is 3.57. The summed E-state index contributed by atoms with van der Waals surface area (Å²) < 4.78 is 7.93. The number of imidazole rings is 1. The van der Waals surface area contributed by atoms with E-state index in [4.69, 9.17) is 9.40 Å². The predicted octanol–water partition coefficient (Wildman–Crippen LogP) is 6.47. The van der Waals surface area contributed by atoms with Gasteiger partial charge in [-0.1, -0.05) is 42.0 Å². The van der Waals surface area contributed by atoms with Gasteiger partial charge in [-0.25, -0.2) is 4.98 Å². The molecule has 0 saturated carbocycles. The SMILES string of the molecule is Cc1ccc(N=Nc2c(-c3cc4ccccc4o3)nc3ccccn23)cc1. The average molecular weight is 352 g/mol. The Labute approximate surface area is 155 Å². The van der Waals surface area contributed by atoms with Crippen LogP contribution in [0.5, 0.6) is 0 Å². The quantitative estimate of drug-likeness (QED) is 0.349. The van der Waals surface area contributed by atoms with Crippen molar-refractivity contribution in [2.24, 2.45) is 10.2 Å². The van der Waals surface area contributed by atoms with Gasteiger partial charge in [-0.3, -0.25) is 4.40 Å². The third-order valence-corrected chi connectivity index (χ3v) is 4.46. The third-order valence-electron chi connectivity index (χ3n) is 4.46. The van der Waals surface area contributed by atoms with E-state index in [1.54, 1.807) is 0 Å². The maximum atomic E-state index is 6.01. The summed E-state index contributed by atoms with van der Waals surface area (Å²) in [6.07, 6.45) is 1.93. The summed E-state index contributed by atoms with van der Waals surface area (Å²) in [5, 5.41) is 9.94. The Morgan fingerprint density at radius 1 is 0.889 bits per heavy atom. The first-order chi connectivity index (χ1) is 13.3. The second-order valence-corrected chi connectivity index (χ2v) is 6.40. The summed E-state index contributed by atoms with van der Waals surface area (Å²) in [4.78, 5) is 4.72. The predicted molar refractivity (Wildman–Crippen MR) is 106 cm³/mol. The normalized spacial score (nSPS) is 11.7. The van der Waals surface area contributed by atoms with Gasteiger partial charge in [-0.05, 0) is 43.3 Å². The molecule has 130 valence electrons. The molecule has 0 unspecified atom stereocenters. The Balaban J connectivity index is 1.67. The van der Waals surface area contributed by atoms with Crippen LogP contribution in [0.1, 0.15) is 5.56 Å². The number of fused-ring (bicyclic) bond motifs is 2. The van der Waals surface area contributed by atoms with Gasteiger partial charge in [0.1, 0.15) is 11.2 Å². The molecule has 5 nitrogen and oxygen atoms in total. The highest BCUT2D eigenvalue weighted by Gasteiger charge is 2.17. The molecule has 5 aromatic rings. The fourth-order valence-electron chi connectivity index (χ4n) is 3.06. The Morgan fingerprint density at radius 2 is 1.70 bits per heavy atom. The number of pyridine rings is 1. The minimum Gasteiger partial charge on any atom is -0.454 e. The number of aryl methyl sites for hydroxylation is 1. The van der Waals surface area contributed by atoms with E-state index in [9.17, 15) is 0 Å². The number of para-hydroxylation sites is 1. The fourth-order valence-corrected chi connectivity index (χ4v) is 3.06. The highest BCUT2D eigenvalue weighted by atomic mass is 16.3. The van der Waals surface area contributed by atoms with Gasteiger partial charge in [0, 0.05) is 11.6 Å². The van der Waals surface area contributed by atoms with Crippen LogP contribution in [0.15, 0.2) is 93.6 Å². The van der Waals surface area contributed by atoms with E-state index >= 15 is 0 Å². The number of aromatic nitrogens is 2. The lowest BCUT2D eigenvalue weighted by Gasteiger charge is -1.97. The van der Waals surface area contributed by atoms with E-state index in [1.165, 1.54) is 5.56 Å². The van der Waals surface area contributed by atoms with Crippen LogP contribution in [0.25, 0.3) is 28.1 Å². The monoisotopic (exact) mass is 352 g/mol. The zero-order valence-corrected chi connectivity index (χ0v) is 14.7. The number of hydrogen-bond donors (Lipinski definition) is 0. The second kappa shape index (κ2) is 6.21. The Morgan fingerprint density at radius 3 is 2.56 bits per heavy atom. The molecule has 0 aliphatic rings. The van der Waals surface area contributed by atoms with Crippen molar-refractivity contribution in [2.45, 2.75) is 6.92 Å². The molecule has 0 atom stereocenters. The van der Waals surface area contributed by atoms with Crippen molar-refractivity contribution < 1.29 is 4.42 Å². The number of azo groups is 1. The number of benzene rings is 2. The summed E-state index contributed by atoms with van der Waals surface area (Å²) in [6.45, 7) is 2.05. The average Bonchev–Trinajstić information content (AvgIpc) is 3.29. The molecule has 0 saturated heterocycles. The smallest absolute Gasteiger partial charge is 0.190 e. The van der Waals surface area contributed by atoms with Crippen LogP contribution in [0.3, 0.4) is 0 Å². The van der Waals surface area contributed by atoms with Crippen LogP contribution >= 0.6 is 0 Å². The summed E-state index contributed by atoms with van der Waals surface area (Å²) in [5.41, 5.74) is 4.28. The largest absolute Gasteiger partial charge is 0.454 e. The van der Waals surface area contributed by atoms with Crippen molar-refractivity contribution >= 4 is 28.1 Å². The van der Waals surface area contributed by atoms with Gasteiger partial charge in [0.2, 0.25) is 0 Å². The van der Waals surface area contributed by atoms with Gasteiger partial charge in [-0.2, -0.15) is 0 Å². The zero-order valence-electron chi connectivity index (χ0n) is 14.7. The van der Waals surface area contributed by atoms with Gasteiger partial charge >= 0.3 is 0 Å². The van der Waals surface area contributed by atoms with Crippen LogP contribution in [0.2, 0.25) is 0 Å². The molecule has 5 heteroatoms. The molecule has 0 N–H and O–H groups in total. The highest BCUT2D eigenvalue weighted by molar-refractivity contribution is 5.84. The first-order valence-electron chi connectivity index (χ1n) is 8.72. The molecule has 0 fully saturated rings. The van der Waals surface area contributed by atoms with Crippen LogP contribution in [-0.4, -0.2) is 9.38 Å². The van der Waals surface area contributed by atoms with Crippen molar-refractivity contribution in [1.82, 2.24) is 9.38 Å². The van der Waals surface area contributed by atoms with Gasteiger partial charge in [-0.15, -0.1) is 10.2 Å². The van der Waals surface area contributed by atoms with E-state index in [-0.39, 0.29) is 0 Å². The lowest BCUT2D eigenvalue weighted by Crippen LogP contribution is -1.81. The van der Waals surface area contributed by atoms with E-state index in [0.717, 1.165) is 22.3 Å². The molecule has 0 spiro atoms. The molecule has 0 bridgehead atoms. The van der Waals surface area contributed by atoms with Crippen molar-refractivity contribution in [3.8, 4) is 11.5 Å². The first-order valence-corrected chi connectivity index (χ1v) is 8.72. The molecule has 3 aromatic heterocycles. The Hall–Kier alpha value is -3.73. The maximum Gasteiger partial charge on any atom is 0.190 e. The number of hydrogen-bond acceptors (Lipinski definition) is 4. The van der Waals surface area contributed by atoms with E-state index in [0.29, 0.717) is 17.3 Å². The third kappa shape index (κ3) is 2.79. The topological polar surface area (TPSA) is 55.2 Å². The lowest BCUT2D eigenvalue weighted by molar-refractivity contribution is 0.629. The number of rotatable bonds is 3. The molecule has 0 amide bonds. The molecule has 0 radical (unpaired) electrons. The number of furan rings is 1. The Bertz CT molecular complexity index is 1250. The highest BCUT2D eigenvalue weighted by Crippen LogP contribution is 2.35. The molecule has 0 aliphatic carbocycles. The van der Waals surface area contributed by atoms with E-state index in [2.05, 4.69) is 10.2 Å². The summed E-state index contributed by atoms with van der Waals surface area (Å²) in [6, 6.07) is 23.7. The molecule has 5 rings (SSSR count). The molecule has 27 heavy (non-hydrogen) atoms. The number of nitrogens with zero attached hydrogens (tertiary/aromatic N) is 4. The minimum absolute atomic E-state index is 0.644. The maximum absolute atomic E-state index is 6.01. The van der Waals surface area contributed by atoms with Crippen LogP contribution in [0.4, 0.5) is 11.5 Å². The van der Waals surface area contributed by atoms with Crippen molar-refractivity contribution in [1.29, 1.82) is 0 Å². The molecule has 2 aromatic carbocycles. The van der Waals surface area contributed by atoms with Crippen LogP contribution < -0.4 is 0 Å². The van der Waals surface area contributed by atoms with Crippen LogP contribution in [-0.2, 0) is 0 Å². The van der Waals surface area contributed by atoms with E-state index in [1.807, 2.05) is 90.3 Å². The first kappa shape index (κ1) is 15.5. The van der Waals surface area contributed by atoms with Gasteiger partial charge in [0.25, 0.3) is 0 Å². The fraction of sp³-hybridized carbons (Fsp3) is 0.0455. The molecular formula is C22H16N4O. The van der Waals surface area contributed by atoms with Crippen LogP contribution in [0, 0.1) is 6.92 Å². The second-order valence-electron chi connectivity index (χ2n) is 6.40. The lowest BCUT2D eigenvalue weighted by atomic mass is 10.2. The molecule has 3 heterocycles. The van der Waals surface area contributed by atoms with Gasteiger partial charge in [0.15, 0.2) is 17.3 Å².